The summed E-state index contributed by atoms with van der Waals surface area (Å²) in [6.07, 6.45) is 7.11. The fourth-order valence-electron chi connectivity index (χ4n) is 2.82. The van der Waals surface area contributed by atoms with Crippen molar-refractivity contribution in [2.24, 2.45) is 0 Å². The Bertz CT molecular complexity index is 1120. The highest BCUT2D eigenvalue weighted by Crippen LogP contribution is 2.14. The highest BCUT2D eigenvalue weighted by atomic mass is 16.1. The Morgan fingerprint density at radius 3 is 2.58 bits per heavy atom. The van der Waals surface area contributed by atoms with E-state index in [2.05, 4.69) is 10.1 Å². The van der Waals surface area contributed by atoms with Crippen LogP contribution in [0.3, 0.4) is 0 Å². The summed E-state index contributed by atoms with van der Waals surface area (Å²) in [4.78, 5) is 17.2. The van der Waals surface area contributed by atoms with Gasteiger partial charge in [0.1, 0.15) is 11.7 Å². The summed E-state index contributed by atoms with van der Waals surface area (Å²) in [6.45, 7) is 2.50. The molecule has 0 saturated heterocycles. The van der Waals surface area contributed by atoms with Crippen LogP contribution in [-0.4, -0.2) is 19.3 Å². The van der Waals surface area contributed by atoms with Gasteiger partial charge in [-0.3, -0.25) is 9.36 Å². The van der Waals surface area contributed by atoms with Crippen LogP contribution in [-0.2, 0) is 6.54 Å². The van der Waals surface area contributed by atoms with Gasteiger partial charge in [-0.1, -0.05) is 60.2 Å². The Morgan fingerprint density at radius 1 is 1.04 bits per heavy atom. The fourth-order valence-corrected chi connectivity index (χ4v) is 2.82. The normalized spacial score (nSPS) is 11.4. The zero-order chi connectivity index (χ0) is 17.9. The van der Waals surface area contributed by atoms with Crippen LogP contribution in [0.2, 0.25) is 0 Å². The van der Waals surface area contributed by atoms with Crippen LogP contribution in [0.4, 0.5) is 0 Å². The summed E-state index contributed by atoms with van der Waals surface area (Å²) in [5.74, 6) is 0. The van der Waals surface area contributed by atoms with Crippen molar-refractivity contribution in [3.8, 4) is 5.69 Å². The Kier molecular flexibility index (Phi) is 4.19. The van der Waals surface area contributed by atoms with Gasteiger partial charge in [0.05, 0.1) is 11.9 Å². The number of hydrogen-bond acceptors (Lipinski definition) is 3. The van der Waals surface area contributed by atoms with Gasteiger partial charge in [-0.15, -0.1) is 0 Å². The number of benzene rings is 2. The second-order valence-corrected chi connectivity index (χ2v) is 6.14. The van der Waals surface area contributed by atoms with Gasteiger partial charge in [0, 0.05) is 6.54 Å². The maximum absolute atomic E-state index is 12.7. The average molecular weight is 342 g/mol. The van der Waals surface area contributed by atoms with E-state index < -0.39 is 0 Å². The summed E-state index contributed by atoms with van der Waals surface area (Å²) in [5, 5.41) is 4.86. The van der Waals surface area contributed by atoms with E-state index in [1.165, 1.54) is 5.56 Å². The molecule has 0 aliphatic rings. The zero-order valence-corrected chi connectivity index (χ0v) is 14.4. The maximum atomic E-state index is 12.7. The summed E-state index contributed by atoms with van der Waals surface area (Å²) in [5.41, 5.74) is 3.64. The summed E-state index contributed by atoms with van der Waals surface area (Å²) in [6, 6.07) is 18.0. The molecule has 128 valence electrons. The van der Waals surface area contributed by atoms with Crippen molar-refractivity contribution >= 4 is 17.1 Å². The molecule has 2 aromatic carbocycles. The van der Waals surface area contributed by atoms with E-state index in [0.29, 0.717) is 17.6 Å². The molecule has 0 aliphatic heterocycles. The first kappa shape index (κ1) is 16.0. The third-order valence-corrected chi connectivity index (χ3v) is 4.25. The van der Waals surface area contributed by atoms with Crippen molar-refractivity contribution < 1.29 is 0 Å². The van der Waals surface area contributed by atoms with E-state index in [-0.39, 0.29) is 5.56 Å². The molecule has 5 heteroatoms. The molecule has 26 heavy (non-hydrogen) atoms. The van der Waals surface area contributed by atoms with Crippen molar-refractivity contribution in [2.45, 2.75) is 13.5 Å². The predicted molar refractivity (Wildman–Crippen MR) is 103 cm³/mol. The number of fused-ring (bicyclic) bond motifs is 1. The Hall–Kier alpha value is -3.47. The number of aryl methyl sites for hydroxylation is 1. The standard InChI is InChI=1S/C21H18N4O/c1-16-9-11-18(12-10-16)25-20-19(14-23-25)21(26)24(15-22-20)13-5-8-17-6-3-2-4-7-17/h2-12,14-15H,13H2,1H3/b8-5+. The lowest BCUT2D eigenvalue weighted by molar-refractivity contribution is 0.765. The Labute approximate surface area is 150 Å². The minimum atomic E-state index is -0.0916. The molecule has 0 N–H and O–H groups in total. The molecule has 2 heterocycles. The summed E-state index contributed by atoms with van der Waals surface area (Å²) in [7, 11) is 0. The molecule has 0 unspecified atom stereocenters. The summed E-state index contributed by atoms with van der Waals surface area (Å²) >= 11 is 0. The molecule has 0 saturated carbocycles. The minimum Gasteiger partial charge on any atom is -0.295 e. The smallest absolute Gasteiger partial charge is 0.264 e. The molecule has 0 amide bonds. The molecular formula is C21H18N4O. The first-order chi connectivity index (χ1) is 12.7. The topological polar surface area (TPSA) is 52.7 Å². The lowest BCUT2D eigenvalue weighted by Crippen LogP contribution is -2.19. The van der Waals surface area contributed by atoms with Crippen LogP contribution in [0, 0.1) is 6.92 Å². The second kappa shape index (κ2) is 6.80. The SMILES string of the molecule is Cc1ccc(-n2ncc3c(=O)n(C/C=C/c4ccccc4)cnc32)cc1. The summed E-state index contributed by atoms with van der Waals surface area (Å²) < 4.78 is 3.28. The molecule has 0 spiro atoms. The highest BCUT2D eigenvalue weighted by molar-refractivity contribution is 5.74. The van der Waals surface area contributed by atoms with Gasteiger partial charge in [-0.25, -0.2) is 9.67 Å². The van der Waals surface area contributed by atoms with Crippen molar-refractivity contribution in [3.63, 3.8) is 0 Å². The zero-order valence-electron chi connectivity index (χ0n) is 14.4. The maximum Gasteiger partial charge on any atom is 0.264 e. The van der Waals surface area contributed by atoms with E-state index >= 15 is 0 Å². The number of hydrogen-bond donors (Lipinski definition) is 0. The molecule has 0 aliphatic carbocycles. The van der Waals surface area contributed by atoms with Gasteiger partial charge < -0.3 is 0 Å². The first-order valence-corrected chi connectivity index (χ1v) is 8.44. The molecule has 0 fully saturated rings. The van der Waals surface area contributed by atoms with Crippen LogP contribution >= 0.6 is 0 Å². The highest BCUT2D eigenvalue weighted by Gasteiger charge is 2.10. The van der Waals surface area contributed by atoms with E-state index in [0.717, 1.165) is 11.3 Å². The average Bonchev–Trinajstić information content (AvgIpc) is 3.10. The van der Waals surface area contributed by atoms with Crippen LogP contribution < -0.4 is 5.56 Å². The molecule has 4 rings (SSSR count). The molecular weight excluding hydrogens is 324 g/mol. The van der Waals surface area contributed by atoms with Gasteiger partial charge in [-0.2, -0.15) is 5.10 Å². The van der Waals surface area contributed by atoms with E-state index in [1.54, 1.807) is 21.8 Å². The molecule has 0 bridgehead atoms. The van der Waals surface area contributed by atoms with Gasteiger partial charge in [0.25, 0.3) is 5.56 Å². The van der Waals surface area contributed by atoms with Crippen LogP contribution in [0.5, 0.6) is 0 Å². The Balaban J connectivity index is 1.65. The van der Waals surface area contributed by atoms with Crippen molar-refractivity contribution in [3.05, 3.63) is 94.7 Å². The number of rotatable bonds is 4. The molecule has 2 aromatic heterocycles. The predicted octanol–water partition coefficient (Wildman–Crippen LogP) is 3.60. The van der Waals surface area contributed by atoms with Crippen LogP contribution in [0.15, 0.2) is 78.0 Å². The molecule has 4 aromatic rings. The van der Waals surface area contributed by atoms with E-state index in [4.69, 9.17) is 0 Å². The van der Waals surface area contributed by atoms with Gasteiger partial charge >= 0.3 is 0 Å². The van der Waals surface area contributed by atoms with E-state index in [1.807, 2.05) is 73.7 Å². The quantitative estimate of drug-likeness (QED) is 0.569. The second-order valence-electron chi connectivity index (χ2n) is 6.14. The monoisotopic (exact) mass is 342 g/mol. The minimum absolute atomic E-state index is 0.0916. The Morgan fingerprint density at radius 2 is 1.81 bits per heavy atom. The number of nitrogens with zero attached hydrogens (tertiary/aromatic N) is 4. The van der Waals surface area contributed by atoms with Gasteiger partial charge in [-0.05, 0) is 24.6 Å². The third kappa shape index (κ3) is 3.07. The van der Waals surface area contributed by atoms with E-state index in [9.17, 15) is 4.79 Å². The van der Waals surface area contributed by atoms with Crippen molar-refractivity contribution in [2.75, 3.05) is 0 Å². The third-order valence-electron chi connectivity index (χ3n) is 4.25. The lowest BCUT2D eigenvalue weighted by Gasteiger charge is -2.05. The van der Waals surface area contributed by atoms with Crippen molar-refractivity contribution in [1.82, 2.24) is 19.3 Å². The van der Waals surface area contributed by atoms with Gasteiger partial charge in [0.2, 0.25) is 0 Å². The lowest BCUT2D eigenvalue weighted by atomic mass is 10.2. The van der Waals surface area contributed by atoms with Gasteiger partial charge in [0.15, 0.2) is 5.65 Å². The van der Waals surface area contributed by atoms with Crippen molar-refractivity contribution in [1.29, 1.82) is 0 Å². The van der Waals surface area contributed by atoms with Crippen LogP contribution in [0.1, 0.15) is 11.1 Å². The molecule has 0 atom stereocenters. The van der Waals surface area contributed by atoms with Crippen LogP contribution in [0.25, 0.3) is 22.8 Å². The first-order valence-electron chi connectivity index (χ1n) is 8.44. The fraction of sp³-hybridized carbons (Fsp3) is 0.0952. The largest absolute Gasteiger partial charge is 0.295 e. The number of aromatic nitrogens is 4. The molecule has 5 nitrogen and oxygen atoms in total. The number of allylic oxidation sites excluding steroid dienone is 1. The molecule has 0 radical (unpaired) electrons.